The summed E-state index contributed by atoms with van der Waals surface area (Å²) in [6, 6.07) is 0. The summed E-state index contributed by atoms with van der Waals surface area (Å²) in [4.78, 5) is 21.3. The van der Waals surface area contributed by atoms with E-state index in [0.29, 0.717) is 6.42 Å². The molecule has 0 saturated heterocycles. The second kappa shape index (κ2) is 5.35. The maximum absolute atomic E-state index is 11.1. The Hall–Kier alpha value is -1.32. The van der Waals surface area contributed by atoms with Crippen molar-refractivity contribution in [3.05, 3.63) is 11.6 Å². The predicted octanol–water partition coefficient (Wildman–Crippen LogP) is 1.36. The Morgan fingerprint density at radius 3 is 2.46 bits per heavy atom. The quantitative estimate of drug-likeness (QED) is 0.531. The summed E-state index contributed by atoms with van der Waals surface area (Å²) < 4.78 is 4.89. The minimum absolute atomic E-state index is 0.104. The molecule has 13 heavy (non-hydrogen) atoms. The molecule has 0 heterocycles. The number of hydrogen-bond acceptors (Lipinski definition) is 3. The van der Waals surface area contributed by atoms with E-state index in [0.717, 1.165) is 6.08 Å². The number of carbonyl (C=O) groups excluding carboxylic acids is 1. The highest BCUT2D eigenvalue weighted by Gasteiger charge is 2.10. The first-order chi connectivity index (χ1) is 5.97. The molecule has 1 N–H and O–H groups in total. The van der Waals surface area contributed by atoms with Crippen LogP contribution in [-0.4, -0.2) is 23.1 Å². The molecular weight excluding hydrogens is 172 g/mol. The Labute approximate surface area is 77.2 Å². The summed E-state index contributed by atoms with van der Waals surface area (Å²) in [6.45, 7) is 5.05. The molecule has 0 aliphatic carbocycles. The first kappa shape index (κ1) is 11.7. The molecule has 0 spiro atoms. The second-order valence-corrected chi connectivity index (χ2v) is 2.79. The van der Waals surface area contributed by atoms with E-state index in [1.54, 1.807) is 6.92 Å². The molecule has 1 unspecified atom stereocenters. The van der Waals surface area contributed by atoms with Gasteiger partial charge in [0.25, 0.3) is 0 Å². The molecule has 0 bridgehead atoms. The van der Waals surface area contributed by atoms with Gasteiger partial charge in [0.05, 0.1) is 6.10 Å². The Morgan fingerprint density at radius 1 is 1.54 bits per heavy atom. The van der Waals surface area contributed by atoms with Crippen molar-refractivity contribution < 1.29 is 19.4 Å². The molecule has 0 fully saturated rings. The predicted molar refractivity (Wildman–Crippen MR) is 47.2 cm³/mol. The van der Waals surface area contributed by atoms with Crippen LogP contribution in [0.2, 0.25) is 0 Å². The average Bonchev–Trinajstić information content (AvgIpc) is 2.02. The van der Waals surface area contributed by atoms with Crippen LogP contribution in [0.3, 0.4) is 0 Å². The summed E-state index contributed by atoms with van der Waals surface area (Å²) in [5.41, 5.74) is 0.104. The highest BCUT2D eigenvalue weighted by molar-refractivity contribution is 5.95. The highest BCUT2D eigenvalue weighted by Crippen LogP contribution is 2.02. The summed E-state index contributed by atoms with van der Waals surface area (Å²) in [7, 11) is 0. The summed E-state index contributed by atoms with van der Waals surface area (Å²) in [5.74, 6) is -1.71. The third-order valence-electron chi connectivity index (χ3n) is 1.55. The number of carbonyl (C=O) groups is 2. The third-order valence-corrected chi connectivity index (χ3v) is 1.55. The van der Waals surface area contributed by atoms with Crippen molar-refractivity contribution in [3.8, 4) is 0 Å². The molecule has 0 saturated carbocycles. The van der Waals surface area contributed by atoms with Crippen LogP contribution < -0.4 is 0 Å². The normalized spacial score (nSPS) is 13.6. The van der Waals surface area contributed by atoms with Crippen LogP contribution in [0.4, 0.5) is 0 Å². The maximum atomic E-state index is 11.1. The van der Waals surface area contributed by atoms with E-state index >= 15 is 0 Å². The van der Waals surface area contributed by atoms with Crippen LogP contribution >= 0.6 is 0 Å². The molecule has 0 rings (SSSR count). The van der Waals surface area contributed by atoms with Crippen molar-refractivity contribution in [2.24, 2.45) is 0 Å². The fourth-order valence-electron chi connectivity index (χ4n) is 0.603. The second-order valence-electron chi connectivity index (χ2n) is 2.79. The SMILES string of the molecule is CCC(C)OC(=O)/C(C)=C/C(=O)O. The van der Waals surface area contributed by atoms with Crippen LogP contribution in [-0.2, 0) is 14.3 Å². The minimum atomic E-state index is -1.14. The molecule has 0 aliphatic heterocycles. The molecule has 0 amide bonds. The van der Waals surface area contributed by atoms with E-state index in [9.17, 15) is 9.59 Å². The summed E-state index contributed by atoms with van der Waals surface area (Å²) >= 11 is 0. The largest absolute Gasteiger partial charge is 0.478 e. The zero-order chi connectivity index (χ0) is 10.4. The van der Waals surface area contributed by atoms with Crippen molar-refractivity contribution in [2.45, 2.75) is 33.3 Å². The smallest absolute Gasteiger partial charge is 0.334 e. The number of carboxylic acid groups (broad SMARTS) is 1. The van der Waals surface area contributed by atoms with Gasteiger partial charge in [0.15, 0.2) is 0 Å². The Kier molecular flexibility index (Phi) is 4.80. The van der Waals surface area contributed by atoms with Gasteiger partial charge in [-0.3, -0.25) is 0 Å². The lowest BCUT2D eigenvalue weighted by Crippen LogP contribution is -2.15. The van der Waals surface area contributed by atoms with Crippen LogP contribution in [0, 0.1) is 0 Å². The van der Waals surface area contributed by atoms with E-state index in [1.807, 2.05) is 6.92 Å². The van der Waals surface area contributed by atoms with Gasteiger partial charge in [0, 0.05) is 11.6 Å². The van der Waals surface area contributed by atoms with Gasteiger partial charge in [0.2, 0.25) is 0 Å². The molecule has 0 aromatic heterocycles. The van der Waals surface area contributed by atoms with Crippen molar-refractivity contribution in [1.82, 2.24) is 0 Å². The Balaban J connectivity index is 4.19. The van der Waals surface area contributed by atoms with Crippen LogP contribution in [0.5, 0.6) is 0 Å². The first-order valence-corrected chi connectivity index (χ1v) is 4.09. The number of rotatable bonds is 4. The zero-order valence-corrected chi connectivity index (χ0v) is 8.03. The molecule has 1 atom stereocenters. The summed E-state index contributed by atoms with van der Waals surface area (Å²) in [6.07, 6.45) is 1.38. The molecule has 74 valence electrons. The van der Waals surface area contributed by atoms with E-state index in [4.69, 9.17) is 9.84 Å². The maximum Gasteiger partial charge on any atom is 0.334 e. The van der Waals surface area contributed by atoms with Gasteiger partial charge in [-0.1, -0.05) is 6.92 Å². The van der Waals surface area contributed by atoms with Crippen LogP contribution in [0.15, 0.2) is 11.6 Å². The van der Waals surface area contributed by atoms with Crippen LogP contribution in [0.25, 0.3) is 0 Å². The Bertz CT molecular complexity index is 230. The number of esters is 1. The third kappa shape index (κ3) is 5.00. The van der Waals surface area contributed by atoms with Gasteiger partial charge in [-0.15, -0.1) is 0 Å². The lowest BCUT2D eigenvalue weighted by molar-refractivity contribution is -0.144. The lowest BCUT2D eigenvalue weighted by Gasteiger charge is -2.10. The average molecular weight is 186 g/mol. The topological polar surface area (TPSA) is 63.6 Å². The lowest BCUT2D eigenvalue weighted by atomic mass is 10.2. The van der Waals surface area contributed by atoms with E-state index in [-0.39, 0.29) is 11.7 Å². The van der Waals surface area contributed by atoms with Gasteiger partial charge in [-0.2, -0.15) is 0 Å². The standard InChI is InChI=1S/C9H14O4/c1-4-7(3)13-9(12)6(2)5-8(10)11/h5,7H,4H2,1-3H3,(H,10,11)/b6-5+. The number of carboxylic acids is 1. The molecule has 0 aliphatic rings. The molecule has 0 aromatic rings. The van der Waals surface area contributed by atoms with E-state index < -0.39 is 11.9 Å². The Morgan fingerprint density at radius 2 is 2.08 bits per heavy atom. The van der Waals surface area contributed by atoms with Crippen molar-refractivity contribution >= 4 is 11.9 Å². The minimum Gasteiger partial charge on any atom is -0.478 e. The van der Waals surface area contributed by atoms with Crippen molar-refractivity contribution in [3.63, 3.8) is 0 Å². The van der Waals surface area contributed by atoms with E-state index in [1.165, 1.54) is 6.92 Å². The zero-order valence-electron chi connectivity index (χ0n) is 8.03. The summed E-state index contributed by atoms with van der Waals surface area (Å²) in [5, 5.41) is 8.34. The van der Waals surface area contributed by atoms with Crippen LogP contribution in [0.1, 0.15) is 27.2 Å². The monoisotopic (exact) mass is 186 g/mol. The number of aliphatic carboxylic acids is 1. The van der Waals surface area contributed by atoms with Gasteiger partial charge < -0.3 is 9.84 Å². The highest BCUT2D eigenvalue weighted by atomic mass is 16.5. The fourth-order valence-corrected chi connectivity index (χ4v) is 0.603. The van der Waals surface area contributed by atoms with E-state index in [2.05, 4.69) is 0 Å². The molecule has 0 aromatic carbocycles. The van der Waals surface area contributed by atoms with Crippen molar-refractivity contribution in [1.29, 1.82) is 0 Å². The van der Waals surface area contributed by atoms with Gasteiger partial charge in [-0.25, -0.2) is 9.59 Å². The van der Waals surface area contributed by atoms with Gasteiger partial charge >= 0.3 is 11.9 Å². The van der Waals surface area contributed by atoms with Crippen molar-refractivity contribution in [2.75, 3.05) is 0 Å². The molecule has 4 nitrogen and oxygen atoms in total. The van der Waals surface area contributed by atoms with Gasteiger partial charge in [-0.05, 0) is 20.3 Å². The number of ether oxygens (including phenoxy) is 1. The molecule has 0 radical (unpaired) electrons. The number of hydrogen-bond donors (Lipinski definition) is 1. The fraction of sp³-hybridized carbons (Fsp3) is 0.556. The first-order valence-electron chi connectivity index (χ1n) is 4.09. The molecular formula is C9H14O4. The van der Waals surface area contributed by atoms with Gasteiger partial charge in [0.1, 0.15) is 0 Å². The molecule has 4 heteroatoms.